The van der Waals surface area contributed by atoms with Crippen molar-refractivity contribution in [1.29, 1.82) is 5.26 Å². The van der Waals surface area contributed by atoms with Gasteiger partial charge in [-0.15, -0.1) is 0 Å². The maximum atomic E-state index is 12.3. The van der Waals surface area contributed by atoms with E-state index in [1.807, 2.05) is 135 Å². The van der Waals surface area contributed by atoms with E-state index in [9.17, 15) is 17.6 Å². The zero-order valence-electron chi connectivity index (χ0n) is 65.8. The fraction of sp³-hybridized carbons (Fsp3) is 0.409. The monoisotopic (exact) mass is 1390 g/mol. The zero-order valence-corrected chi connectivity index (χ0v) is 65.8. The third-order valence-electron chi connectivity index (χ3n) is 15.3. The predicted molar refractivity (Wildman–Crippen MR) is 419 cm³/mol. The highest BCUT2D eigenvalue weighted by Crippen LogP contribution is 2.30. The van der Waals surface area contributed by atoms with Gasteiger partial charge < -0.3 is 0 Å². The zero-order chi connectivity index (χ0) is 77.1. The highest BCUT2D eigenvalue weighted by Gasteiger charge is 2.30. The lowest BCUT2D eigenvalue weighted by Crippen LogP contribution is -2.04. The van der Waals surface area contributed by atoms with Gasteiger partial charge in [0.1, 0.15) is 17.6 Å². The van der Waals surface area contributed by atoms with Crippen LogP contribution in [-0.4, -0.2) is 44.9 Å². The van der Waals surface area contributed by atoms with Crippen LogP contribution in [0.4, 0.5) is 17.6 Å². The first-order valence-electron chi connectivity index (χ1n) is 35.5. The first-order valence-corrected chi connectivity index (χ1v) is 35.5. The highest BCUT2D eigenvalue weighted by atomic mass is 19.4. The topological polar surface area (TPSA) is 140 Å². The van der Waals surface area contributed by atoms with Crippen LogP contribution in [0.3, 0.4) is 0 Å². The first kappa shape index (κ1) is 90.8. The van der Waals surface area contributed by atoms with Gasteiger partial charge in [0.2, 0.25) is 0 Å². The quantitative estimate of drug-likeness (QED) is 0.122. The van der Waals surface area contributed by atoms with Crippen molar-refractivity contribution in [3.05, 3.63) is 303 Å². The number of alkyl halides is 3. The van der Waals surface area contributed by atoms with Gasteiger partial charge >= 0.3 is 6.18 Å². The predicted octanol–water partition coefficient (Wildman–Crippen LogP) is 25.2. The summed E-state index contributed by atoms with van der Waals surface area (Å²) < 4.78 is 48.6. The molecule has 0 aliphatic heterocycles. The molecule has 0 unspecified atom stereocenters. The van der Waals surface area contributed by atoms with Gasteiger partial charge in [0.05, 0.1) is 11.8 Å². The van der Waals surface area contributed by atoms with Gasteiger partial charge in [-0.2, -0.15) is 18.4 Å². The summed E-state index contributed by atoms with van der Waals surface area (Å²) in [5, 5.41) is 8.45. The number of nitriles is 1. The second-order valence-corrected chi connectivity index (χ2v) is 27.9. The van der Waals surface area contributed by atoms with E-state index in [-0.39, 0.29) is 11.7 Å². The van der Waals surface area contributed by atoms with Crippen LogP contribution < -0.4 is 0 Å². The fourth-order valence-corrected chi connectivity index (χ4v) is 8.20. The largest absolute Gasteiger partial charge is 0.416 e. The Morgan fingerprint density at radius 1 is 0.304 bits per heavy atom. The second-order valence-electron chi connectivity index (χ2n) is 27.9. The average Bonchev–Trinajstić information content (AvgIpc) is 0.856. The van der Waals surface area contributed by atoms with Crippen molar-refractivity contribution in [2.75, 3.05) is 0 Å². The second kappa shape index (κ2) is 49.4. The lowest BCUT2D eigenvalue weighted by molar-refractivity contribution is -0.137. The van der Waals surface area contributed by atoms with Gasteiger partial charge in [0, 0.05) is 95.1 Å². The van der Waals surface area contributed by atoms with Gasteiger partial charge in [0.25, 0.3) is 0 Å². The highest BCUT2D eigenvalue weighted by molar-refractivity contribution is 5.27. The Balaban J connectivity index is 0.000000567. The van der Waals surface area contributed by atoms with Crippen molar-refractivity contribution in [3.8, 4) is 6.07 Å². The molecule has 0 N–H and O–H groups in total. The number of aryl methyl sites for hydroxylation is 5. The summed E-state index contributed by atoms with van der Waals surface area (Å²) in [6, 6.07) is 47.0. The molecule has 9 aromatic heterocycles. The minimum absolute atomic E-state index is 0.266. The molecular weight excluding hydrogens is 1270 g/mol. The normalized spacial score (nSPS) is 10.5. The summed E-state index contributed by atoms with van der Waals surface area (Å²) in [6.45, 7) is 52.5. The first-order chi connectivity index (χ1) is 47.9. The molecule has 0 bridgehead atoms. The molecule has 9 heterocycles. The number of pyridine rings is 9. The molecule has 0 aliphatic rings. The Morgan fingerprint density at radius 3 is 0.971 bits per heavy atom. The standard InChI is InChI=1S/C10H11F3.C9H10N2.5C9H13N.C8H10FN.2C8H11N/c1-7(2)8-3-5-9(6-4-8)10(11,12)13;1-7(2)8-3-4-9(5-10)11-6-8;3*1-7(2)9-5-4-8(3)10-6-9;1-7(2)9-5-4-8(3)6-10-9;1-7(2)9-6-4-5-8(3)10-9;1-6(2)8-4-3-7(9)5-10-8;1-7(2)8-4-3-5-9-6-8;1-7(2)8-5-3-4-6-9-8/h3-7H,1-2H3;3-4,6-7H,1-2H3;5*4-7H,1-3H3;3-6H,1-2H3;2*3-7H,1-2H3. The van der Waals surface area contributed by atoms with Gasteiger partial charge in [0.15, 0.2) is 0 Å². The molecule has 0 saturated carbocycles. The Kier molecular flexibility index (Phi) is 43.9. The number of rotatable bonds is 10. The molecule has 102 heavy (non-hydrogen) atoms. The smallest absolute Gasteiger partial charge is 0.264 e. The Labute approximate surface area is 612 Å². The van der Waals surface area contributed by atoms with Crippen LogP contribution in [0.15, 0.2) is 201 Å². The van der Waals surface area contributed by atoms with E-state index in [0.29, 0.717) is 59.0 Å². The van der Waals surface area contributed by atoms with Crippen molar-refractivity contribution in [3.63, 3.8) is 0 Å². The number of benzene rings is 1. The number of nitrogens with zero attached hydrogens (tertiary/aromatic N) is 10. The van der Waals surface area contributed by atoms with Gasteiger partial charge in [-0.05, 0) is 218 Å². The van der Waals surface area contributed by atoms with E-state index >= 15 is 0 Å². The van der Waals surface area contributed by atoms with E-state index in [0.717, 1.165) is 51.9 Å². The van der Waals surface area contributed by atoms with Crippen LogP contribution >= 0.6 is 0 Å². The number of hydrogen-bond acceptors (Lipinski definition) is 10. The van der Waals surface area contributed by atoms with Gasteiger partial charge in [-0.3, -0.25) is 39.9 Å². The van der Waals surface area contributed by atoms with E-state index in [1.54, 1.807) is 24.5 Å². The summed E-state index contributed by atoms with van der Waals surface area (Å²) in [4.78, 5) is 37.3. The van der Waals surface area contributed by atoms with Gasteiger partial charge in [-0.1, -0.05) is 199 Å². The fourth-order valence-electron chi connectivity index (χ4n) is 8.20. The Bertz CT molecular complexity index is 3440. The molecule has 0 radical (unpaired) electrons. The summed E-state index contributed by atoms with van der Waals surface area (Å²) in [7, 11) is 0. The molecular formula is C88H118F4N10. The molecule has 0 saturated heterocycles. The van der Waals surface area contributed by atoms with Crippen LogP contribution in [0, 0.1) is 51.8 Å². The Hall–Kier alpha value is -9.22. The van der Waals surface area contributed by atoms with Crippen molar-refractivity contribution in [2.24, 2.45) is 0 Å². The third-order valence-corrected chi connectivity index (χ3v) is 15.3. The van der Waals surface area contributed by atoms with Crippen molar-refractivity contribution >= 4 is 0 Å². The molecule has 10 rings (SSSR count). The van der Waals surface area contributed by atoms with Crippen LogP contribution in [-0.2, 0) is 6.18 Å². The lowest BCUT2D eigenvalue weighted by Gasteiger charge is -2.09. The number of aromatic nitrogens is 9. The molecule has 14 heteroatoms. The number of halogens is 4. The SMILES string of the molecule is CC(C)c1ccc(C#N)nc1.CC(C)c1ccc(C(F)(F)F)cc1.CC(C)c1ccc(F)cn1.CC(C)c1ccccn1.CC(C)c1cccnc1.Cc1ccc(C(C)C)cn1.Cc1ccc(C(C)C)cn1.Cc1ccc(C(C)C)cn1.Cc1ccc(C(C)C)nc1.Cc1cccc(C(C)C)n1. The maximum absolute atomic E-state index is 12.3. The van der Waals surface area contributed by atoms with Crippen LogP contribution in [0.2, 0.25) is 0 Å². The van der Waals surface area contributed by atoms with Crippen LogP contribution in [0.25, 0.3) is 0 Å². The summed E-state index contributed by atoms with van der Waals surface area (Å²) >= 11 is 0. The lowest BCUT2D eigenvalue weighted by atomic mass is 10.0. The average molecular weight is 1390 g/mol. The minimum atomic E-state index is -4.23. The molecule has 1 aromatic carbocycles. The van der Waals surface area contributed by atoms with Crippen molar-refractivity contribution in [1.82, 2.24) is 44.9 Å². The molecule has 0 aliphatic carbocycles. The van der Waals surface area contributed by atoms with E-state index in [4.69, 9.17) is 5.26 Å². The maximum Gasteiger partial charge on any atom is 0.416 e. The molecule has 0 amide bonds. The van der Waals surface area contributed by atoms with Crippen LogP contribution in [0.1, 0.15) is 293 Å². The summed E-state index contributed by atoms with van der Waals surface area (Å²) in [5.41, 5.74) is 17.3. The van der Waals surface area contributed by atoms with E-state index < -0.39 is 11.7 Å². The van der Waals surface area contributed by atoms with Crippen molar-refractivity contribution in [2.45, 2.75) is 238 Å². The summed E-state index contributed by atoms with van der Waals surface area (Å²) in [6.07, 6.45) is 12.1. The minimum Gasteiger partial charge on any atom is -0.264 e. The van der Waals surface area contributed by atoms with E-state index in [1.165, 1.54) is 69.2 Å². The molecule has 10 nitrogen and oxygen atoms in total. The third kappa shape index (κ3) is 40.3. The molecule has 548 valence electrons. The molecule has 0 atom stereocenters. The molecule has 0 fully saturated rings. The summed E-state index contributed by atoms with van der Waals surface area (Å²) in [5.74, 6) is 4.85. The van der Waals surface area contributed by atoms with Crippen molar-refractivity contribution < 1.29 is 17.6 Å². The molecule has 0 spiro atoms. The molecule has 10 aromatic rings. The van der Waals surface area contributed by atoms with Gasteiger partial charge in [-0.25, -0.2) is 9.37 Å². The van der Waals surface area contributed by atoms with E-state index in [2.05, 4.69) is 229 Å². The number of hydrogen-bond donors (Lipinski definition) is 0. The Morgan fingerprint density at radius 2 is 0.696 bits per heavy atom. The van der Waals surface area contributed by atoms with Crippen LogP contribution in [0.5, 0.6) is 0 Å².